The lowest BCUT2D eigenvalue weighted by Gasteiger charge is -2.28. The molecule has 1 aliphatic heterocycles. The van der Waals surface area contributed by atoms with Crippen LogP contribution in [0.5, 0.6) is 0 Å². The molecule has 8 heteroatoms. The van der Waals surface area contributed by atoms with E-state index in [4.69, 9.17) is 9.84 Å². The van der Waals surface area contributed by atoms with Crippen molar-refractivity contribution in [1.82, 2.24) is 10.6 Å². The van der Waals surface area contributed by atoms with Gasteiger partial charge in [0.2, 0.25) is 5.91 Å². The lowest BCUT2D eigenvalue weighted by atomic mass is 9.98. The van der Waals surface area contributed by atoms with Gasteiger partial charge in [-0.15, -0.1) is 0 Å². The number of amides is 2. The van der Waals surface area contributed by atoms with Gasteiger partial charge in [-0.25, -0.2) is 4.79 Å². The first-order chi connectivity index (χ1) is 16.4. The number of benzene rings is 2. The number of nitrogens with one attached hydrogen (secondary N) is 2. The summed E-state index contributed by atoms with van der Waals surface area (Å²) in [5.74, 6) is -0.668. The van der Waals surface area contributed by atoms with Crippen molar-refractivity contribution in [2.24, 2.45) is 0 Å². The minimum absolute atomic E-state index is 0.00161. The number of carboxylic acid groups (broad SMARTS) is 1. The zero-order chi connectivity index (χ0) is 24.1. The van der Waals surface area contributed by atoms with E-state index in [-0.39, 0.29) is 37.3 Å². The highest BCUT2D eigenvalue weighted by molar-refractivity contribution is 7.99. The average Bonchev–Trinajstić information content (AvgIpc) is 3.15. The number of aliphatic carboxylic acids is 1. The first-order valence-electron chi connectivity index (χ1n) is 11.7. The summed E-state index contributed by atoms with van der Waals surface area (Å²) in [6.07, 6.45) is 0.935. The highest BCUT2D eigenvalue weighted by Gasteiger charge is 2.30. The number of ether oxygens (including phenoxy) is 1. The molecule has 1 saturated heterocycles. The molecular weight excluding hydrogens is 452 g/mol. The van der Waals surface area contributed by atoms with Gasteiger partial charge in [0, 0.05) is 29.4 Å². The molecule has 2 aliphatic rings. The number of hydrogen-bond donors (Lipinski definition) is 3. The first-order valence-corrected chi connectivity index (χ1v) is 12.7. The Bertz CT molecular complexity index is 1010. The second-order valence-electron chi connectivity index (χ2n) is 8.88. The smallest absolute Gasteiger partial charge is 0.407 e. The van der Waals surface area contributed by atoms with Gasteiger partial charge >= 0.3 is 12.1 Å². The minimum atomic E-state index is -1.02. The minimum Gasteiger partial charge on any atom is -0.481 e. The van der Waals surface area contributed by atoms with Crippen LogP contribution >= 0.6 is 11.8 Å². The Kier molecular flexibility index (Phi) is 7.77. The third-order valence-corrected chi connectivity index (χ3v) is 7.85. The number of thioether (sulfide) groups is 1. The number of rotatable bonds is 8. The Balaban J connectivity index is 1.38. The lowest BCUT2D eigenvalue weighted by Crippen LogP contribution is -2.51. The van der Waals surface area contributed by atoms with Gasteiger partial charge in [-0.1, -0.05) is 55.5 Å². The largest absolute Gasteiger partial charge is 0.481 e. The summed E-state index contributed by atoms with van der Waals surface area (Å²) >= 11 is 1.80. The van der Waals surface area contributed by atoms with Crippen molar-refractivity contribution in [2.45, 2.75) is 55.9 Å². The summed E-state index contributed by atoms with van der Waals surface area (Å²) in [7, 11) is 0. The molecule has 4 rings (SSSR count). The molecule has 0 aromatic heterocycles. The fourth-order valence-corrected chi connectivity index (χ4v) is 5.73. The van der Waals surface area contributed by atoms with Crippen molar-refractivity contribution < 1.29 is 24.2 Å². The van der Waals surface area contributed by atoms with Crippen molar-refractivity contribution in [3.05, 3.63) is 59.7 Å². The van der Waals surface area contributed by atoms with Crippen molar-refractivity contribution in [3.8, 4) is 11.1 Å². The monoisotopic (exact) mass is 482 g/mol. The van der Waals surface area contributed by atoms with Gasteiger partial charge in [0.25, 0.3) is 0 Å². The van der Waals surface area contributed by atoms with Gasteiger partial charge in [-0.3, -0.25) is 9.59 Å². The summed E-state index contributed by atoms with van der Waals surface area (Å²) in [4.78, 5) is 36.6. The molecule has 180 valence electrons. The molecule has 1 aliphatic carbocycles. The Morgan fingerprint density at radius 1 is 1.06 bits per heavy atom. The van der Waals surface area contributed by atoms with Crippen LogP contribution in [-0.2, 0) is 14.3 Å². The Morgan fingerprint density at radius 2 is 1.71 bits per heavy atom. The molecule has 2 amide bonds. The van der Waals surface area contributed by atoms with Crippen LogP contribution in [0, 0.1) is 0 Å². The number of fused-ring (bicyclic) bond motifs is 3. The van der Waals surface area contributed by atoms with Gasteiger partial charge in [0.1, 0.15) is 12.6 Å². The van der Waals surface area contributed by atoms with Crippen LogP contribution in [0.1, 0.15) is 49.7 Å². The van der Waals surface area contributed by atoms with Crippen molar-refractivity contribution in [3.63, 3.8) is 0 Å². The molecule has 7 nitrogen and oxygen atoms in total. The van der Waals surface area contributed by atoms with Gasteiger partial charge in [0.15, 0.2) is 0 Å². The second-order valence-corrected chi connectivity index (χ2v) is 10.4. The van der Waals surface area contributed by atoms with Crippen LogP contribution in [0.3, 0.4) is 0 Å². The topological polar surface area (TPSA) is 105 Å². The summed E-state index contributed by atoms with van der Waals surface area (Å²) in [6.45, 7) is 2.29. The molecule has 0 bridgehead atoms. The van der Waals surface area contributed by atoms with E-state index < -0.39 is 18.1 Å². The molecule has 3 N–H and O–H groups in total. The maximum Gasteiger partial charge on any atom is 0.407 e. The fourth-order valence-electron chi connectivity index (χ4n) is 4.62. The van der Waals surface area contributed by atoms with Gasteiger partial charge in [0.05, 0.1) is 0 Å². The van der Waals surface area contributed by atoms with Crippen LogP contribution in [-0.4, -0.2) is 52.8 Å². The third kappa shape index (κ3) is 5.73. The van der Waals surface area contributed by atoms with E-state index in [1.807, 2.05) is 36.4 Å². The summed E-state index contributed by atoms with van der Waals surface area (Å²) < 4.78 is 5.55. The van der Waals surface area contributed by atoms with Crippen molar-refractivity contribution >= 4 is 29.7 Å². The molecule has 1 fully saturated rings. The highest BCUT2D eigenvalue weighted by Crippen LogP contribution is 2.44. The van der Waals surface area contributed by atoms with Crippen molar-refractivity contribution in [2.75, 3.05) is 12.4 Å². The number of carbonyl (C=O) groups excluding carboxylic acids is 2. The zero-order valence-electron chi connectivity index (χ0n) is 19.2. The Morgan fingerprint density at radius 3 is 2.29 bits per heavy atom. The maximum atomic E-state index is 12.8. The molecule has 3 atom stereocenters. The molecule has 0 radical (unpaired) electrons. The predicted molar refractivity (Wildman–Crippen MR) is 132 cm³/mol. The van der Waals surface area contributed by atoms with Crippen LogP contribution in [0.2, 0.25) is 0 Å². The van der Waals surface area contributed by atoms with E-state index in [1.54, 1.807) is 11.8 Å². The van der Waals surface area contributed by atoms with Crippen LogP contribution in [0.4, 0.5) is 4.79 Å². The number of carboxylic acids is 1. The molecule has 1 heterocycles. The zero-order valence-corrected chi connectivity index (χ0v) is 20.0. The van der Waals surface area contributed by atoms with Crippen LogP contribution < -0.4 is 10.6 Å². The van der Waals surface area contributed by atoms with Crippen LogP contribution in [0.15, 0.2) is 48.5 Å². The fraction of sp³-hybridized carbons (Fsp3) is 0.423. The summed E-state index contributed by atoms with van der Waals surface area (Å²) in [5, 5.41) is 15.2. The summed E-state index contributed by atoms with van der Waals surface area (Å²) in [6, 6.07) is 15.2. The Hall–Kier alpha value is -3.00. The van der Waals surface area contributed by atoms with Crippen molar-refractivity contribution in [1.29, 1.82) is 0 Å². The third-order valence-electron chi connectivity index (χ3n) is 6.45. The lowest BCUT2D eigenvalue weighted by molar-refractivity contribution is -0.137. The van der Waals surface area contributed by atoms with E-state index in [0.717, 1.165) is 40.8 Å². The van der Waals surface area contributed by atoms with Crippen LogP contribution in [0.25, 0.3) is 11.1 Å². The SMILES string of the molecule is CC1CCC(NC(=O)C(CCC(=O)O)NC(=O)OCC2c3ccccc3-c3ccccc32)CS1. The first kappa shape index (κ1) is 24.1. The summed E-state index contributed by atoms with van der Waals surface area (Å²) in [5.41, 5.74) is 4.46. The van der Waals surface area contributed by atoms with Gasteiger partial charge < -0.3 is 20.5 Å². The van der Waals surface area contributed by atoms with Gasteiger partial charge in [-0.2, -0.15) is 11.8 Å². The normalized spacial score (nSPS) is 20.0. The maximum absolute atomic E-state index is 12.8. The molecule has 2 aromatic rings. The number of alkyl carbamates (subject to hydrolysis) is 1. The molecule has 0 saturated carbocycles. The molecule has 2 aromatic carbocycles. The van der Waals surface area contributed by atoms with E-state index in [9.17, 15) is 14.4 Å². The molecule has 0 spiro atoms. The van der Waals surface area contributed by atoms with E-state index in [1.165, 1.54) is 0 Å². The van der Waals surface area contributed by atoms with Gasteiger partial charge in [-0.05, 0) is 41.5 Å². The highest BCUT2D eigenvalue weighted by atomic mass is 32.2. The second kappa shape index (κ2) is 11.0. The predicted octanol–water partition coefficient (Wildman–Crippen LogP) is 4.16. The quantitative estimate of drug-likeness (QED) is 0.522. The Labute approximate surface area is 203 Å². The molecular formula is C26H30N2O5S. The number of carbonyl (C=O) groups is 3. The van der Waals surface area contributed by atoms with E-state index in [0.29, 0.717) is 5.25 Å². The standard InChI is InChI=1S/C26H30N2O5S/c1-16-10-11-17(15-34-16)27-25(31)23(12-13-24(29)30)28-26(32)33-14-22-20-8-4-2-6-18(20)19-7-3-5-9-21(19)22/h2-9,16-17,22-23H,10-15H2,1H3,(H,27,31)(H,28,32)(H,29,30). The molecule has 3 unspecified atom stereocenters. The molecule has 34 heavy (non-hydrogen) atoms. The van der Waals surface area contributed by atoms with E-state index >= 15 is 0 Å². The number of hydrogen-bond acceptors (Lipinski definition) is 5. The van der Waals surface area contributed by atoms with E-state index in [2.05, 4.69) is 29.7 Å². The average molecular weight is 483 g/mol.